The molecular weight excluding hydrogens is 791 g/mol. The molecule has 0 radical (unpaired) electrons. The zero-order valence-corrected chi connectivity index (χ0v) is 36.1. The Bertz CT molecular complexity index is 2350. The van der Waals surface area contributed by atoms with Gasteiger partial charge in [0.1, 0.15) is 6.04 Å². The molecule has 0 aromatic heterocycles. The number of amides is 4. The predicted octanol–water partition coefficient (Wildman–Crippen LogP) is 5.91. The highest BCUT2D eigenvalue weighted by Gasteiger charge is 2.40. The molecule has 5 aliphatic rings. The van der Waals surface area contributed by atoms with Gasteiger partial charge in [0, 0.05) is 62.9 Å². The molecule has 4 amide bonds. The van der Waals surface area contributed by atoms with E-state index in [4.69, 9.17) is 29.7 Å². The minimum atomic E-state index is -0.769. The van der Waals surface area contributed by atoms with Crippen LogP contribution < -0.4 is 40.2 Å². The van der Waals surface area contributed by atoms with Crippen LogP contribution in [0.15, 0.2) is 71.5 Å². The van der Waals surface area contributed by atoms with E-state index >= 15 is 0 Å². The zero-order valence-electron chi connectivity index (χ0n) is 36.1. The van der Waals surface area contributed by atoms with Crippen molar-refractivity contribution in [2.75, 3.05) is 51.2 Å². The van der Waals surface area contributed by atoms with E-state index in [1.807, 2.05) is 50.2 Å². The number of aliphatic imine (C=N–C) groups is 1. The zero-order chi connectivity index (χ0) is 43.8. The number of fused-ring (bicyclic) bond motifs is 4. The first-order valence-corrected chi connectivity index (χ1v) is 21.3. The third kappa shape index (κ3) is 8.58. The van der Waals surface area contributed by atoms with Crippen LogP contribution in [-0.2, 0) is 9.59 Å². The van der Waals surface area contributed by atoms with Crippen molar-refractivity contribution in [2.24, 2.45) is 22.6 Å². The summed E-state index contributed by atoms with van der Waals surface area (Å²) >= 11 is 0. The molecule has 3 aromatic carbocycles. The van der Waals surface area contributed by atoms with E-state index in [0.717, 1.165) is 29.8 Å². The van der Waals surface area contributed by atoms with Gasteiger partial charge in [-0.15, -0.1) is 0 Å². The summed E-state index contributed by atoms with van der Waals surface area (Å²) in [6, 6.07) is 12.8. The second-order valence-electron chi connectivity index (χ2n) is 17.0. The van der Waals surface area contributed by atoms with E-state index < -0.39 is 12.1 Å². The first-order chi connectivity index (χ1) is 29.8. The summed E-state index contributed by atoms with van der Waals surface area (Å²) in [5.74, 6) is 1.53. The smallest absolute Gasteiger partial charge is 0.260 e. The highest BCUT2D eigenvalue weighted by molar-refractivity contribution is 6.06. The number of methoxy groups -OCH3 is 2. The molecule has 4 atom stereocenters. The summed E-state index contributed by atoms with van der Waals surface area (Å²) in [4.78, 5) is 63.2. The standard InChI is InChI=1S/C47H55N7O8/c1-26(2)43(48)45(56)50-27(3)44(55)51-32-12-10-29(11-13-32)30-16-33-22-49-37-20-41(39(59-5)18-35(37)46(57)53(33)23-30)61-14-7-15-62-42-21-38-36(19-40(42)60-6)47(58)54-24-31(28-8-9-28)17-34(54)25-52(38)4/h10-13,18-24,26-28,33-34,43H,7-9,14-17,25,48H2,1-6H3,(H,50,56)(H,51,55)/t27-,33-,34-,43-/m0/s1. The average Bonchev–Trinajstić information content (AvgIpc) is 3.94. The van der Waals surface area contributed by atoms with Crippen LogP contribution in [0, 0.1) is 11.8 Å². The summed E-state index contributed by atoms with van der Waals surface area (Å²) in [5, 5.41) is 5.50. The second-order valence-corrected chi connectivity index (χ2v) is 17.0. The van der Waals surface area contributed by atoms with Crippen molar-refractivity contribution in [1.29, 1.82) is 0 Å². The van der Waals surface area contributed by atoms with Crippen LogP contribution in [0.4, 0.5) is 17.1 Å². The Morgan fingerprint density at radius 1 is 0.839 bits per heavy atom. The van der Waals surface area contributed by atoms with Crippen LogP contribution in [-0.4, -0.2) is 105 Å². The summed E-state index contributed by atoms with van der Waals surface area (Å²) < 4.78 is 23.7. The lowest BCUT2D eigenvalue weighted by Gasteiger charge is -2.24. The number of carbonyl (C=O) groups is 4. The van der Waals surface area contributed by atoms with Crippen molar-refractivity contribution in [3.05, 3.63) is 83.2 Å². The Kier molecular flexibility index (Phi) is 12.0. The molecule has 15 nitrogen and oxygen atoms in total. The number of nitrogens with one attached hydrogen (secondary N) is 2. The molecule has 4 aliphatic heterocycles. The Balaban J connectivity index is 0.869. The van der Waals surface area contributed by atoms with E-state index in [1.54, 1.807) is 55.5 Å². The highest BCUT2D eigenvalue weighted by atomic mass is 16.5. The van der Waals surface area contributed by atoms with Gasteiger partial charge in [-0.25, -0.2) is 0 Å². The van der Waals surface area contributed by atoms with E-state index in [2.05, 4.69) is 21.7 Å². The van der Waals surface area contributed by atoms with Gasteiger partial charge < -0.3 is 50.0 Å². The fraction of sp³-hybridized carbons (Fsp3) is 0.426. The number of anilines is 2. The number of likely N-dealkylation sites (N-methyl/N-ethyl adjacent to an activating group) is 1. The molecule has 15 heteroatoms. The van der Waals surface area contributed by atoms with Gasteiger partial charge in [-0.1, -0.05) is 26.0 Å². The average molecular weight is 846 g/mol. The van der Waals surface area contributed by atoms with Crippen molar-refractivity contribution >= 4 is 52.5 Å². The Morgan fingerprint density at radius 2 is 1.50 bits per heavy atom. The third-order valence-corrected chi connectivity index (χ3v) is 12.2. The van der Waals surface area contributed by atoms with Crippen LogP contribution in [0.3, 0.4) is 0 Å². The monoisotopic (exact) mass is 845 g/mol. The van der Waals surface area contributed by atoms with Crippen LogP contribution >= 0.6 is 0 Å². The maximum Gasteiger partial charge on any atom is 0.260 e. The minimum Gasteiger partial charge on any atom is -0.493 e. The predicted molar refractivity (Wildman–Crippen MR) is 236 cm³/mol. The van der Waals surface area contributed by atoms with Gasteiger partial charge in [0.25, 0.3) is 11.8 Å². The summed E-state index contributed by atoms with van der Waals surface area (Å²) in [6.45, 7) is 6.67. The Hall–Kier alpha value is -6.35. The Labute approximate surface area is 361 Å². The molecule has 0 unspecified atom stereocenters. The molecule has 1 aliphatic carbocycles. The van der Waals surface area contributed by atoms with Crippen molar-refractivity contribution in [2.45, 2.75) is 77.0 Å². The first kappa shape index (κ1) is 42.3. The summed E-state index contributed by atoms with van der Waals surface area (Å²) in [5.41, 5.74) is 12.0. The molecule has 8 rings (SSSR count). The second kappa shape index (κ2) is 17.6. The molecule has 1 saturated carbocycles. The number of hydrogen-bond acceptors (Lipinski definition) is 11. The number of nitrogens with zero attached hydrogens (tertiary/aromatic N) is 4. The van der Waals surface area contributed by atoms with Crippen LogP contribution in [0.25, 0.3) is 5.57 Å². The molecular formula is C47H55N7O8. The third-order valence-electron chi connectivity index (χ3n) is 12.2. The SMILES string of the molecule is COc1cc2c(cc1OCCCOc1cc3c(cc1OC)C(=O)N1C=C(C4CC4)C[C@H]1CN3C)N=C[C@@H]1CC(c3ccc(NC(=O)[C@H](C)NC(=O)[C@@H](N)C(C)C)cc3)=CN1C2=O. The topological polar surface area (TPSA) is 177 Å². The molecule has 4 N–H and O–H groups in total. The maximum atomic E-state index is 14.0. The molecule has 0 spiro atoms. The number of nitrogens with two attached hydrogens (primary N) is 1. The molecule has 3 aromatic rings. The fourth-order valence-electron chi connectivity index (χ4n) is 8.36. The van der Waals surface area contributed by atoms with Crippen molar-refractivity contribution in [3.63, 3.8) is 0 Å². The first-order valence-electron chi connectivity index (χ1n) is 21.3. The van der Waals surface area contributed by atoms with Crippen LogP contribution in [0.1, 0.15) is 79.2 Å². The lowest BCUT2D eigenvalue weighted by atomic mass is 10.0. The van der Waals surface area contributed by atoms with E-state index in [1.165, 1.54) is 25.5 Å². The van der Waals surface area contributed by atoms with Gasteiger partial charge in [-0.3, -0.25) is 24.2 Å². The molecule has 1 fully saturated rings. The molecule has 0 saturated heterocycles. The van der Waals surface area contributed by atoms with E-state index in [-0.39, 0.29) is 41.6 Å². The largest absolute Gasteiger partial charge is 0.493 e. The minimum absolute atomic E-state index is 0.0129. The number of rotatable bonds is 15. The Morgan fingerprint density at radius 3 is 2.16 bits per heavy atom. The number of ether oxygens (including phenoxy) is 4. The molecule has 0 bridgehead atoms. The van der Waals surface area contributed by atoms with Crippen LogP contribution in [0.2, 0.25) is 0 Å². The molecule has 326 valence electrons. The fourth-order valence-corrected chi connectivity index (χ4v) is 8.36. The number of hydrogen-bond donors (Lipinski definition) is 3. The van der Waals surface area contributed by atoms with Crippen LogP contribution in [0.5, 0.6) is 23.0 Å². The van der Waals surface area contributed by atoms with E-state index in [9.17, 15) is 19.2 Å². The van der Waals surface area contributed by atoms with Crippen molar-refractivity contribution in [3.8, 4) is 23.0 Å². The van der Waals surface area contributed by atoms with Crippen molar-refractivity contribution < 1.29 is 38.1 Å². The summed E-state index contributed by atoms with van der Waals surface area (Å²) in [6.07, 6.45) is 10.1. The van der Waals surface area contributed by atoms with Gasteiger partial charge in [0.15, 0.2) is 23.0 Å². The molecule has 62 heavy (non-hydrogen) atoms. The summed E-state index contributed by atoms with van der Waals surface area (Å²) in [7, 11) is 5.12. The van der Waals surface area contributed by atoms with Crippen molar-refractivity contribution in [1.82, 2.24) is 15.1 Å². The lowest BCUT2D eigenvalue weighted by molar-refractivity contribution is -0.127. The van der Waals surface area contributed by atoms with Gasteiger partial charge in [0.05, 0.1) is 68.1 Å². The molecule has 4 heterocycles. The van der Waals surface area contributed by atoms with Gasteiger partial charge >= 0.3 is 0 Å². The van der Waals surface area contributed by atoms with E-state index in [0.29, 0.717) is 77.5 Å². The number of carbonyl (C=O) groups excluding carboxylic acids is 4. The quantitative estimate of drug-likeness (QED) is 0.156. The lowest BCUT2D eigenvalue weighted by Crippen LogP contribution is -2.50. The normalized spacial score (nSPS) is 19.9. The van der Waals surface area contributed by atoms with Gasteiger partial charge in [-0.2, -0.15) is 0 Å². The number of benzene rings is 3. The maximum absolute atomic E-state index is 14.0. The highest BCUT2D eigenvalue weighted by Crippen LogP contribution is 2.45. The van der Waals surface area contributed by atoms with Gasteiger partial charge in [-0.05, 0) is 79.0 Å². The van der Waals surface area contributed by atoms with Gasteiger partial charge in [0.2, 0.25) is 11.8 Å².